The van der Waals surface area contributed by atoms with E-state index in [-0.39, 0.29) is 11.0 Å². The first-order chi connectivity index (χ1) is 9.06. The van der Waals surface area contributed by atoms with Crippen LogP contribution in [0.1, 0.15) is 19.4 Å². The minimum Gasteiger partial charge on any atom is -0.591 e. The predicted molar refractivity (Wildman–Crippen MR) is 74.0 cm³/mol. The van der Waals surface area contributed by atoms with E-state index in [1.54, 1.807) is 6.07 Å². The molecular formula is C14H13ClN2O2. The van der Waals surface area contributed by atoms with Crippen molar-refractivity contribution in [2.24, 2.45) is 0 Å². The van der Waals surface area contributed by atoms with E-state index in [4.69, 9.17) is 16.3 Å². The van der Waals surface area contributed by atoms with Crippen molar-refractivity contribution in [3.63, 3.8) is 0 Å². The van der Waals surface area contributed by atoms with E-state index in [1.165, 1.54) is 12.1 Å². The maximum atomic E-state index is 11.6. The smallest absolute Gasteiger partial charge is 0.411 e. The number of hydrogen-bond acceptors (Lipinski definition) is 3. The van der Waals surface area contributed by atoms with Gasteiger partial charge in [0.1, 0.15) is 5.75 Å². The highest BCUT2D eigenvalue weighted by atomic mass is 35.5. The number of nitrogens with zero attached hydrogens (tertiary/aromatic N) is 2. The van der Waals surface area contributed by atoms with Gasteiger partial charge < -0.3 is 9.94 Å². The quantitative estimate of drug-likeness (QED) is 0.636. The summed E-state index contributed by atoms with van der Waals surface area (Å²) in [6.07, 6.45) is 1.98. The summed E-state index contributed by atoms with van der Waals surface area (Å²) in [7, 11) is 0. The van der Waals surface area contributed by atoms with Gasteiger partial charge in [0.25, 0.3) is 0 Å². The zero-order valence-corrected chi connectivity index (χ0v) is 11.4. The van der Waals surface area contributed by atoms with Crippen LogP contribution < -0.4 is 9.58 Å². The average molecular weight is 277 g/mol. The highest BCUT2D eigenvalue weighted by molar-refractivity contribution is 6.29. The predicted octanol–water partition coefficient (Wildman–Crippen LogP) is 3.58. The average Bonchev–Trinajstić information content (AvgIpc) is 2.34. The van der Waals surface area contributed by atoms with E-state index in [9.17, 15) is 5.21 Å². The molecule has 1 heterocycles. The fraction of sp³-hybridized carbons (Fsp3) is 0.143. The van der Waals surface area contributed by atoms with Crippen molar-refractivity contribution >= 4 is 17.7 Å². The lowest BCUT2D eigenvalue weighted by Crippen LogP contribution is -2.32. The summed E-state index contributed by atoms with van der Waals surface area (Å²) in [6, 6.07) is 10.5. The third kappa shape index (κ3) is 3.45. The Morgan fingerprint density at radius 1 is 1.26 bits per heavy atom. The molecule has 0 aliphatic rings. The van der Waals surface area contributed by atoms with E-state index in [1.807, 2.05) is 38.1 Å². The highest BCUT2D eigenvalue weighted by Gasteiger charge is 2.12. The fourth-order valence-corrected chi connectivity index (χ4v) is 1.69. The first-order valence-corrected chi connectivity index (χ1v) is 6.12. The van der Waals surface area contributed by atoms with Crippen LogP contribution in [-0.4, -0.2) is 5.10 Å². The van der Waals surface area contributed by atoms with Crippen molar-refractivity contribution in [2.45, 2.75) is 13.8 Å². The van der Waals surface area contributed by atoms with Gasteiger partial charge in [-0.15, -0.1) is 0 Å². The van der Waals surface area contributed by atoms with Crippen LogP contribution in [0.2, 0.25) is 5.15 Å². The van der Waals surface area contributed by atoms with E-state index >= 15 is 0 Å². The van der Waals surface area contributed by atoms with Crippen molar-refractivity contribution in [2.75, 3.05) is 0 Å². The van der Waals surface area contributed by atoms with Gasteiger partial charge in [0.15, 0.2) is 5.15 Å². The Kier molecular flexibility index (Phi) is 4.02. The molecule has 0 aliphatic carbocycles. The number of hydrogen-bond donors (Lipinski definition) is 0. The Bertz CT molecular complexity index is 623. The van der Waals surface area contributed by atoms with Crippen LogP contribution >= 0.6 is 11.6 Å². The van der Waals surface area contributed by atoms with Gasteiger partial charge in [-0.25, -0.2) is 0 Å². The molecule has 98 valence electrons. The van der Waals surface area contributed by atoms with Gasteiger partial charge in [0, 0.05) is 10.7 Å². The number of aromatic nitrogens is 2. The second kappa shape index (κ2) is 5.71. The zero-order valence-electron chi connectivity index (χ0n) is 10.6. The minimum atomic E-state index is 0.0824. The molecule has 0 saturated carbocycles. The molecule has 0 spiro atoms. The topological polar surface area (TPSA) is 49.1 Å². The van der Waals surface area contributed by atoms with Crippen LogP contribution in [0.15, 0.2) is 42.0 Å². The third-order valence-electron chi connectivity index (χ3n) is 2.32. The number of halogens is 1. The molecular weight excluding hydrogens is 264 g/mol. The minimum absolute atomic E-state index is 0.0824. The Morgan fingerprint density at radius 3 is 2.68 bits per heavy atom. The van der Waals surface area contributed by atoms with Crippen molar-refractivity contribution in [1.29, 1.82) is 0 Å². The van der Waals surface area contributed by atoms with Crippen LogP contribution in [0.5, 0.6) is 11.6 Å². The molecule has 0 fully saturated rings. The first-order valence-electron chi connectivity index (χ1n) is 5.74. The van der Waals surface area contributed by atoms with Crippen molar-refractivity contribution in [3.8, 4) is 11.6 Å². The zero-order chi connectivity index (χ0) is 13.8. The van der Waals surface area contributed by atoms with Crippen LogP contribution in [0.25, 0.3) is 6.08 Å². The lowest BCUT2D eigenvalue weighted by atomic mass is 10.1. The number of allylic oxidation sites excluding steroid dienone is 1. The monoisotopic (exact) mass is 276 g/mol. The van der Waals surface area contributed by atoms with Crippen LogP contribution in [-0.2, 0) is 0 Å². The number of benzene rings is 1. The largest absolute Gasteiger partial charge is 0.591 e. The summed E-state index contributed by atoms with van der Waals surface area (Å²) in [5.41, 5.74) is 2.04. The molecule has 0 bridgehead atoms. The normalized spacial score (nSPS) is 10.1. The summed E-state index contributed by atoms with van der Waals surface area (Å²) in [6.45, 7) is 3.99. The molecule has 1 aromatic heterocycles. The molecule has 1 aromatic carbocycles. The molecule has 0 N–H and O–H groups in total. The van der Waals surface area contributed by atoms with E-state index in [2.05, 4.69) is 5.10 Å². The maximum Gasteiger partial charge on any atom is 0.411 e. The molecule has 5 heteroatoms. The number of ether oxygens (including phenoxy) is 1. The summed E-state index contributed by atoms with van der Waals surface area (Å²) < 4.78 is 5.58. The standard InChI is InChI=1S/C14H13ClN2O2/c1-10(2)9-11-5-3-4-6-12(11)19-14-8-7-13(15)16-17(14)18/h3-9H,1-2H3. The van der Waals surface area contributed by atoms with Gasteiger partial charge in [-0.05, 0) is 30.8 Å². The summed E-state index contributed by atoms with van der Waals surface area (Å²) in [5, 5.41) is 15.2. The molecule has 2 rings (SSSR count). The summed E-state index contributed by atoms with van der Waals surface area (Å²) >= 11 is 5.62. The van der Waals surface area contributed by atoms with E-state index < -0.39 is 0 Å². The Hall–Kier alpha value is -2.07. The number of para-hydroxylation sites is 1. The van der Waals surface area contributed by atoms with Crippen molar-refractivity contribution in [3.05, 3.63) is 57.9 Å². The van der Waals surface area contributed by atoms with Crippen LogP contribution in [0.3, 0.4) is 0 Å². The molecule has 0 unspecified atom stereocenters. The van der Waals surface area contributed by atoms with Crippen molar-refractivity contribution in [1.82, 2.24) is 5.10 Å². The second-order valence-corrected chi connectivity index (χ2v) is 4.62. The Balaban J connectivity index is 2.35. The summed E-state index contributed by atoms with van der Waals surface area (Å²) in [4.78, 5) is 0.363. The molecule has 4 nitrogen and oxygen atoms in total. The van der Waals surface area contributed by atoms with Gasteiger partial charge in [0.2, 0.25) is 0 Å². The SMILES string of the molecule is CC(C)=Cc1ccccc1Oc1ccc(Cl)n[n+]1[O-]. The first kappa shape index (κ1) is 13.4. The highest BCUT2D eigenvalue weighted by Crippen LogP contribution is 2.25. The van der Waals surface area contributed by atoms with Gasteiger partial charge >= 0.3 is 5.88 Å². The molecule has 0 aliphatic heterocycles. The maximum absolute atomic E-state index is 11.6. The molecule has 19 heavy (non-hydrogen) atoms. The Labute approximate surface area is 116 Å². The van der Waals surface area contributed by atoms with Gasteiger partial charge in [0.05, 0.1) is 6.07 Å². The number of rotatable bonds is 3. The Morgan fingerprint density at radius 2 is 2.00 bits per heavy atom. The lowest BCUT2D eigenvalue weighted by molar-refractivity contribution is -0.673. The van der Waals surface area contributed by atoms with Crippen molar-refractivity contribution < 1.29 is 9.58 Å². The van der Waals surface area contributed by atoms with E-state index in [0.717, 1.165) is 11.1 Å². The van der Waals surface area contributed by atoms with Gasteiger partial charge in [-0.3, -0.25) is 0 Å². The van der Waals surface area contributed by atoms with Crippen LogP contribution in [0.4, 0.5) is 0 Å². The molecule has 0 atom stereocenters. The third-order valence-corrected chi connectivity index (χ3v) is 2.52. The molecule has 2 aromatic rings. The molecule has 0 amide bonds. The fourth-order valence-electron chi connectivity index (χ4n) is 1.56. The summed E-state index contributed by atoms with van der Waals surface area (Å²) in [5.74, 6) is 0.677. The van der Waals surface area contributed by atoms with Gasteiger partial charge in [-0.1, -0.05) is 41.4 Å². The molecule has 0 radical (unpaired) electrons. The molecule has 0 saturated heterocycles. The van der Waals surface area contributed by atoms with Crippen LogP contribution in [0, 0.1) is 5.21 Å². The van der Waals surface area contributed by atoms with E-state index in [0.29, 0.717) is 10.6 Å². The lowest BCUT2D eigenvalue weighted by Gasteiger charge is -2.07. The van der Waals surface area contributed by atoms with Gasteiger partial charge in [-0.2, -0.15) is 0 Å². The second-order valence-electron chi connectivity index (χ2n) is 4.23.